The lowest BCUT2D eigenvalue weighted by Gasteiger charge is -2.24. The minimum absolute atomic E-state index is 0.0833. The molecule has 0 spiro atoms. The highest BCUT2D eigenvalue weighted by Gasteiger charge is 2.23. The van der Waals surface area contributed by atoms with Crippen molar-refractivity contribution in [2.45, 2.75) is 39.3 Å². The fourth-order valence-corrected chi connectivity index (χ4v) is 2.42. The molecule has 0 unspecified atom stereocenters. The second-order valence-electron chi connectivity index (χ2n) is 4.97. The molecular weight excluding hydrogens is 256 g/mol. The van der Waals surface area contributed by atoms with Gasteiger partial charge in [0.05, 0.1) is 0 Å². The number of nitrogens with zero attached hydrogens (tertiary/aromatic N) is 5. The monoisotopic (exact) mass is 272 g/mol. The molecule has 0 bridgehead atoms. The van der Waals surface area contributed by atoms with Crippen LogP contribution in [-0.2, 0) is 13.0 Å². The second-order valence-corrected chi connectivity index (χ2v) is 4.97. The van der Waals surface area contributed by atoms with Crippen LogP contribution >= 0.6 is 0 Å². The zero-order valence-electron chi connectivity index (χ0n) is 11.5. The van der Waals surface area contributed by atoms with E-state index in [2.05, 4.69) is 30.0 Å². The maximum absolute atomic E-state index is 12.2. The summed E-state index contributed by atoms with van der Waals surface area (Å²) < 4.78 is 2.06. The molecule has 7 heteroatoms. The van der Waals surface area contributed by atoms with Gasteiger partial charge in [-0.2, -0.15) is 0 Å². The molecule has 0 fully saturated rings. The van der Waals surface area contributed by atoms with E-state index in [4.69, 9.17) is 0 Å². The van der Waals surface area contributed by atoms with Gasteiger partial charge in [-0.25, -0.2) is 9.97 Å². The molecule has 1 aliphatic heterocycles. The fourth-order valence-electron chi connectivity index (χ4n) is 2.42. The number of rotatable bonds is 2. The molecule has 1 amide bonds. The van der Waals surface area contributed by atoms with Crippen molar-refractivity contribution in [3.63, 3.8) is 0 Å². The van der Waals surface area contributed by atoms with Gasteiger partial charge in [0, 0.05) is 25.2 Å². The van der Waals surface area contributed by atoms with Crippen molar-refractivity contribution in [2.24, 2.45) is 0 Å². The van der Waals surface area contributed by atoms with Crippen molar-refractivity contribution in [3.8, 4) is 0 Å². The first-order chi connectivity index (χ1) is 9.63. The molecule has 2 aromatic rings. The minimum Gasteiger partial charge on any atom is -0.346 e. The van der Waals surface area contributed by atoms with Crippen molar-refractivity contribution >= 4 is 5.91 Å². The van der Waals surface area contributed by atoms with Crippen molar-refractivity contribution in [2.75, 3.05) is 0 Å². The summed E-state index contributed by atoms with van der Waals surface area (Å²) >= 11 is 0. The Kier molecular flexibility index (Phi) is 3.17. The van der Waals surface area contributed by atoms with Gasteiger partial charge in [0.1, 0.15) is 23.2 Å². The summed E-state index contributed by atoms with van der Waals surface area (Å²) in [4.78, 5) is 20.3. The Morgan fingerprint density at radius 1 is 1.40 bits per heavy atom. The van der Waals surface area contributed by atoms with Gasteiger partial charge < -0.3 is 9.88 Å². The molecule has 3 heterocycles. The molecule has 1 aliphatic rings. The lowest BCUT2D eigenvalue weighted by atomic mass is 10.1. The maximum atomic E-state index is 12.2. The number of aromatic nitrogens is 5. The summed E-state index contributed by atoms with van der Waals surface area (Å²) in [5.41, 5.74) is 0.406. The van der Waals surface area contributed by atoms with E-state index in [9.17, 15) is 4.79 Å². The molecule has 0 aliphatic carbocycles. The smallest absolute Gasteiger partial charge is 0.270 e. The molecular formula is C13H16N6O. The van der Waals surface area contributed by atoms with Crippen LogP contribution in [0.1, 0.15) is 34.4 Å². The lowest BCUT2D eigenvalue weighted by Crippen LogP contribution is -2.41. The van der Waals surface area contributed by atoms with E-state index >= 15 is 0 Å². The van der Waals surface area contributed by atoms with Crippen LogP contribution in [-0.4, -0.2) is 36.7 Å². The van der Waals surface area contributed by atoms with Crippen LogP contribution in [0.5, 0.6) is 0 Å². The van der Waals surface area contributed by atoms with E-state index in [1.54, 1.807) is 19.2 Å². The zero-order chi connectivity index (χ0) is 14.1. The van der Waals surface area contributed by atoms with E-state index in [1.807, 2.05) is 6.92 Å². The Morgan fingerprint density at radius 2 is 2.25 bits per heavy atom. The Morgan fingerprint density at radius 3 is 3.05 bits per heavy atom. The third-order valence-corrected chi connectivity index (χ3v) is 3.48. The first-order valence-corrected chi connectivity index (χ1v) is 6.62. The van der Waals surface area contributed by atoms with Gasteiger partial charge in [0.2, 0.25) is 0 Å². The summed E-state index contributed by atoms with van der Waals surface area (Å²) in [6.07, 6.45) is 3.29. The predicted octanol–water partition coefficient (Wildman–Crippen LogP) is 0.430. The first kappa shape index (κ1) is 12.7. The predicted molar refractivity (Wildman–Crippen MR) is 71.1 cm³/mol. The third kappa shape index (κ3) is 2.38. The average molecular weight is 272 g/mol. The molecule has 3 rings (SSSR count). The number of hydrogen-bond donors (Lipinski definition) is 1. The quantitative estimate of drug-likeness (QED) is 0.856. The second kappa shape index (κ2) is 4.99. The number of aryl methyl sites for hydroxylation is 3. The molecule has 7 nitrogen and oxygen atoms in total. The highest BCUT2D eigenvalue weighted by molar-refractivity contribution is 5.92. The van der Waals surface area contributed by atoms with Crippen LogP contribution in [0.3, 0.4) is 0 Å². The number of fused-ring (bicyclic) bond motifs is 1. The fraction of sp³-hybridized carbons (Fsp3) is 0.462. The number of carbonyl (C=O) groups is 1. The molecule has 1 N–H and O–H groups in total. The Bertz CT molecular complexity index is 650. The number of hydrogen-bond acceptors (Lipinski definition) is 5. The van der Waals surface area contributed by atoms with Gasteiger partial charge in [-0.3, -0.25) is 4.79 Å². The molecule has 0 aromatic carbocycles. The minimum atomic E-state index is -0.158. The lowest BCUT2D eigenvalue weighted by molar-refractivity contribution is 0.0921. The number of amides is 1. The van der Waals surface area contributed by atoms with Gasteiger partial charge in [0.25, 0.3) is 5.91 Å². The maximum Gasteiger partial charge on any atom is 0.270 e. The normalized spacial score (nSPS) is 17.6. The van der Waals surface area contributed by atoms with E-state index in [1.165, 1.54) is 0 Å². The average Bonchev–Trinajstić information content (AvgIpc) is 2.80. The molecule has 1 atom stereocenters. The van der Waals surface area contributed by atoms with E-state index in [-0.39, 0.29) is 11.9 Å². The van der Waals surface area contributed by atoms with Crippen molar-refractivity contribution in [3.05, 3.63) is 35.4 Å². The van der Waals surface area contributed by atoms with Crippen LogP contribution in [0, 0.1) is 13.8 Å². The summed E-state index contributed by atoms with van der Waals surface area (Å²) in [5, 5.41) is 11.2. The van der Waals surface area contributed by atoms with Crippen molar-refractivity contribution in [1.82, 2.24) is 30.0 Å². The van der Waals surface area contributed by atoms with Gasteiger partial charge >= 0.3 is 0 Å². The largest absolute Gasteiger partial charge is 0.346 e. The molecule has 104 valence electrons. The molecule has 2 aromatic heterocycles. The summed E-state index contributed by atoms with van der Waals surface area (Å²) in [7, 11) is 0. The SMILES string of the molecule is Cc1nccc(C(=O)N[C@H]2CCc3nnc(C)n3C2)n1. The van der Waals surface area contributed by atoms with E-state index in [0.29, 0.717) is 18.1 Å². The highest BCUT2D eigenvalue weighted by atomic mass is 16.1. The van der Waals surface area contributed by atoms with Crippen LogP contribution in [0.25, 0.3) is 0 Å². The number of carbonyl (C=O) groups excluding carboxylic acids is 1. The van der Waals surface area contributed by atoms with Crippen LogP contribution in [0.4, 0.5) is 0 Å². The summed E-state index contributed by atoms with van der Waals surface area (Å²) in [6, 6.07) is 1.71. The molecule has 0 saturated heterocycles. The third-order valence-electron chi connectivity index (χ3n) is 3.48. The van der Waals surface area contributed by atoms with Gasteiger partial charge in [-0.05, 0) is 26.3 Å². The van der Waals surface area contributed by atoms with Gasteiger partial charge in [-0.1, -0.05) is 0 Å². The standard InChI is InChI=1S/C13H16N6O/c1-8-14-6-5-11(15-8)13(20)16-10-3-4-12-18-17-9(2)19(12)7-10/h5-6,10H,3-4,7H2,1-2H3,(H,16,20)/t10-/m0/s1. The molecule has 20 heavy (non-hydrogen) atoms. The zero-order valence-corrected chi connectivity index (χ0v) is 11.5. The first-order valence-electron chi connectivity index (χ1n) is 6.62. The molecule has 0 radical (unpaired) electrons. The van der Waals surface area contributed by atoms with Crippen LogP contribution in [0.15, 0.2) is 12.3 Å². The van der Waals surface area contributed by atoms with Crippen LogP contribution in [0.2, 0.25) is 0 Å². The van der Waals surface area contributed by atoms with Crippen molar-refractivity contribution < 1.29 is 4.79 Å². The van der Waals surface area contributed by atoms with Crippen molar-refractivity contribution in [1.29, 1.82) is 0 Å². The molecule has 0 saturated carbocycles. The van der Waals surface area contributed by atoms with Crippen LogP contribution < -0.4 is 5.32 Å². The highest BCUT2D eigenvalue weighted by Crippen LogP contribution is 2.14. The van der Waals surface area contributed by atoms with Gasteiger partial charge in [0.15, 0.2) is 0 Å². The summed E-state index contributed by atoms with van der Waals surface area (Å²) in [5.74, 6) is 2.32. The topological polar surface area (TPSA) is 85.6 Å². The van der Waals surface area contributed by atoms with E-state index in [0.717, 1.165) is 24.5 Å². The van der Waals surface area contributed by atoms with Gasteiger partial charge in [-0.15, -0.1) is 10.2 Å². The van der Waals surface area contributed by atoms with E-state index < -0.39 is 0 Å². The Balaban J connectivity index is 1.70. The Hall–Kier alpha value is -2.31. The Labute approximate surface area is 116 Å². The summed E-state index contributed by atoms with van der Waals surface area (Å²) in [6.45, 7) is 4.41. The number of nitrogens with one attached hydrogen (secondary N) is 1.